The van der Waals surface area contributed by atoms with Gasteiger partial charge in [-0.05, 0) is 18.1 Å². The molecule has 0 saturated heterocycles. The van der Waals surface area contributed by atoms with E-state index in [4.69, 9.17) is 5.11 Å². The highest BCUT2D eigenvalue weighted by atomic mass is 16.4. The number of rotatable bonds is 4. The van der Waals surface area contributed by atoms with Crippen molar-refractivity contribution in [2.75, 3.05) is 0 Å². The molecule has 0 spiro atoms. The molecule has 0 aliphatic rings. The second-order valence-electron chi connectivity index (χ2n) is 4.55. The molecule has 0 unspecified atom stereocenters. The van der Waals surface area contributed by atoms with Gasteiger partial charge in [0.2, 0.25) is 0 Å². The molecule has 7 heteroatoms. The Morgan fingerprint density at radius 3 is 2.74 bits per heavy atom. The molecule has 0 bridgehead atoms. The molecule has 0 radical (unpaired) electrons. The van der Waals surface area contributed by atoms with Crippen LogP contribution < -0.4 is 5.32 Å². The van der Waals surface area contributed by atoms with Crippen molar-refractivity contribution in [1.29, 1.82) is 0 Å². The van der Waals surface area contributed by atoms with Gasteiger partial charge in [0.05, 0.1) is 5.56 Å². The third-order valence-corrected chi connectivity index (χ3v) is 2.77. The van der Waals surface area contributed by atoms with E-state index < -0.39 is 17.9 Å². The van der Waals surface area contributed by atoms with E-state index in [2.05, 4.69) is 15.5 Å². The van der Waals surface area contributed by atoms with Crippen LogP contribution in [0.25, 0.3) is 5.65 Å². The van der Waals surface area contributed by atoms with Crippen molar-refractivity contribution in [2.45, 2.75) is 19.9 Å². The summed E-state index contributed by atoms with van der Waals surface area (Å²) in [6.45, 7) is 3.48. The summed E-state index contributed by atoms with van der Waals surface area (Å²) in [6, 6.07) is 2.31. The Morgan fingerprint density at radius 2 is 2.11 bits per heavy atom. The van der Waals surface area contributed by atoms with Crippen LogP contribution in [0.3, 0.4) is 0 Å². The van der Waals surface area contributed by atoms with E-state index in [1.54, 1.807) is 36.6 Å². The van der Waals surface area contributed by atoms with Crippen molar-refractivity contribution in [2.24, 2.45) is 5.92 Å². The molecule has 100 valence electrons. The van der Waals surface area contributed by atoms with E-state index in [-0.39, 0.29) is 5.92 Å². The summed E-state index contributed by atoms with van der Waals surface area (Å²) in [6.07, 6.45) is 3.03. The summed E-state index contributed by atoms with van der Waals surface area (Å²) < 4.78 is 1.60. The fourth-order valence-electron chi connectivity index (χ4n) is 1.70. The number of hydrogen-bond acceptors (Lipinski definition) is 4. The lowest BCUT2D eigenvalue weighted by Crippen LogP contribution is -2.44. The standard InChI is InChI=1S/C12H14N4O3/c1-7(2)10(12(18)19)14-11(17)8-3-4-9-15-13-6-16(9)5-8/h3-7,10H,1-2H3,(H,14,17)(H,18,19)/t10-/m0/s1. The molecule has 0 saturated carbocycles. The zero-order valence-electron chi connectivity index (χ0n) is 10.6. The van der Waals surface area contributed by atoms with Crippen molar-refractivity contribution in [3.8, 4) is 0 Å². The average molecular weight is 262 g/mol. The van der Waals surface area contributed by atoms with Gasteiger partial charge in [-0.3, -0.25) is 9.20 Å². The third kappa shape index (κ3) is 2.70. The van der Waals surface area contributed by atoms with Crippen molar-refractivity contribution in [1.82, 2.24) is 19.9 Å². The normalized spacial score (nSPS) is 12.6. The van der Waals surface area contributed by atoms with Crippen LogP contribution in [0.1, 0.15) is 24.2 Å². The monoisotopic (exact) mass is 262 g/mol. The second-order valence-corrected chi connectivity index (χ2v) is 4.55. The van der Waals surface area contributed by atoms with Gasteiger partial charge in [0.15, 0.2) is 5.65 Å². The summed E-state index contributed by atoms with van der Waals surface area (Å²) in [5.74, 6) is -1.68. The van der Waals surface area contributed by atoms with Gasteiger partial charge in [-0.25, -0.2) is 4.79 Å². The van der Waals surface area contributed by atoms with Gasteiger partial charge in [0.25, 0.3) is 5.91 Å². The summed E-state index contributed by atoms with van der Waals surface area (Å²) in [5, 5.41) is 19.1. The molecule has 0 aliphatic heterocycles. The lowest BCUT2D eigenvalue weighted by atomic mass is 10.0. The first-order valence-corrected chi connectivity index (χ1v) is 5.82. The Balaban J connectivity index is 2.21. The number of nitrogens with zero attached hydrogens (tertiary/aromatic N) is 3. The van der Waals surface area contributed by atoms with Crippen molar-refractivity contribution in [3.63, 3.8) is 0 Å². The Hall–Kier alpha value is -2.44. The highest BCUT2D eigenvalue weighted by molar-refractivity contribution is 5.96. The van der Waals surface area contributed by atoms with Gasteiger partial charge < -0.3 is 10.4 Å². The van der Waals surface area contributed by atoms with E-state index in [0.29, 0.717) is 11.2 Å². The van der Waals surface area contributed by atoms with E-state index in [9.17, 15) is 9.59 Å². The van der Waals surface area contributed by atoms with E-state index >= 15 is 0 Å². The minimum Gasteiger partial charge on any atom is -0.480 e. The van der Waals surface area contributed by atoms with E-state index in [0.717, 1.165) is 0 Å². The quantitative estimate of drug-likeness (QED) is 0.839. The van der Waals surface area contributed by atoms with Gasteiger partial charge in [0, 0.05) is 6.20 Å². The van der Waals surface area contributed by atoms with Crippen LogP contribution >= 0.6 is 0 Å². The fraction of sp³-hybridized carbons (Fsp3) is 0.333. The first kappa shape index (κ1) is 13.0. The molecular formula is C12H14N4O3. The zero-order chi connectivity index (χ0) is 14.0. The van der Waals surface area contributed by atoms with Crippen LogP contribution in [-0.2, 0) is 4.79 Å². The summed E-state index contributed by atoms with van der Waals surface area (Å²) in [4.78, 5) is 23.0. The van der Waals surface area contributed by atoms with Gasteiger partial charge >= 0.3 is 5.97 Å². The molecule has 2 heterocycles. The SMILES string of the molecule is CC(C)[C@H](NC(=O)c1ccc2nncn2c1)C(=O)O. The van der Waals surface area contributed by atoms with Crippen LogP contribution in [-0.4, -0.2) is 37.6 Å². The number of hydrogen-bond donors (Lipinski definition) is 2. The maximum absolute atomic E-state index is 12.0. The van der Waals surface area contributed by atoms with Gasteiger partial charge in [-0.15, -0.1) is 10.2 Å². The largest absolute Gasteiger partial charge is 0.480 e. The number of fused-ring (bicyclic) bond motifs is 1. The maximum Gasteiger partial charge on any atom is 0.326 e. The number of carbonyl (C=O) groups is 2. The van der Waals surface area contributed by atoms with Crippen LogP contribution in [0.5, 0.6) is 0 Å². The number of pyridine rings is 1. The Labute approximate surface area is 109 Å². The fourth-order valence-corrected chi connectivity index (χ4v) is 1.70. The first-order chi connectivity index (χ1) is 8.99. The smallest absolute Gasteiger partial charge is 0.326 e. The number of carbonyl (C=O) groups excluding carboxylic acids is 1. The lowest BCUT2D eigenvalue weighted by Gasteiger charge is -2.17. The van der Waals surface area contributed by atoms with E-state index in [1.165, 1.54) is 6.33 Å². The lowest BCUT2D eigenvalue weighted by molar-refractivity contribution is -0.140. The summed E-state index contributed by atoms with van der Waals surface area (Å²) >= 11 is 0. The average Bonchev–Trinajstić information content (AvgIpc) is 2.81. The number of amides is 1. The van der Waals surface area contributed by atoms with Crippen molar-refractivity contribution < 1.29 is 14.7 Å². The number of aromatic nitrogens is 3. The van der Waals surface area contributed by atoms with Crippen molar-refractivity contribution in [3.05, 3.63) is 30.2 Å². The topological polar surface area (TPSA) is 96.6 Å². The minimum absolute atomic E-state index is 0.194. The highest BCUT2D eigenvalue weighted by Crippen LogP contribution is 2.07. The molecule has 2 rings (SSSR count). The molecule has 0 aliphatic carbocycles. The number of nitrogens with one attached hydrogen (secondary N) is 1. The van der Waals surface area contributed by atoms with Gasteiger partial charge in [-0.2, -0.15) is 0 Å². The van der Waals surface area contributed by atoms with Crippen LogP contribution in [0.2, 0.25) is 0 Å². The first-order valence-electron chi connectivity index (χ1n) is 5.82. The molecule has 2 aromatic heterocycles. The van der Waals surface area contributed by atoms with Crippen LogP contribution in [0.15, 0.2) is 24.7 Å². The second kappa shape index (κ2) is 5.05. The predicted molar refractivity (Wildman–Crippen MR) is 66.7 cm³/mol. The molecule has 0 aromatic carbocycles. The molecule has 2 N–H and O–H groups in total. The Bertz CT molecular complexity index is 620. The van der Waals surface area contributed by atoms with Crippen LogP contribution in [0, 0.1) is 5.92 Å². The minimum atomic E-state index is -1.05. The maximum atomic E-state index is 12.0. The number of aliphatic carboxylic acids is 1. The van der Waals surface area contributed by atoms with Gasteiger partial charge in [0.1, 0.15) is 12.4 Å². The predicted octanol–water partition coefficient (Wildman–Crippen LogP) is 0.568. The summed E-state index contributed by atoms with van der Waals surface area (Å²) in [7, 11) is 0. The highest BCUT2D eigenvalue weighted by Gasteiger charge is 2.24. The number of carboxylic acid groups (broad SMARTS) is 1. The molecule has 0 fully saturated rings. The molecule has 1 atom stereocenters. The van der Waals surface area contributed by atoms with Crippen molar-refractivity contribution >= 4 is 17.5 Å². The molecule has 1 amide bonds. The van der Waals surface area contributed by atoms with Gasteiger partial charge in [-0.1, -0.05) is 13.8 Å². The Kier molecular flexibility index (Phi) is 3.46. The molecular weight excluding hydrogens is 248 g/mol. The van der Waals surface area contributed by atoms with E-state index in [1.807, 2.05) is 0 Å². The molecule has 2 aromatic rings. The van der Waals surface area contributed by atoms with Crippen LogP contribution in [0.4, 0.5) is 0 Å². The third-order valence-electron chi connectivity index (χ3n) is 2.77. The zero-order valence-corrected chi connectivity index (χ0v) is 10.6. The molecule has 19 heavy (non-hydrogen) atoms. The summed E-state index contributed by atoms with van der Waals surface area (Å²) in [5.41, 5.74) is 0.981. The Morgan fingerprint density at radius 1 is 1.37 bits per heavy atom. The number of carboxylic acids is 1. The molecule has 7 nitrogen and oxygen atoms in total.